The van der Waals surface area contributed by atoms with Crippen molar-refractivity contribution in [3.05, 3.63) is 121 Å². The van der Waals surface area contributed by atoms with E-state index in [1.165, 1.54) is 12.1 Å². The molecule has 9 nitrogen and oxygen atoms in total. The molecule has 0 unspecified atom stereocenters. The predicted molar refractivity (Wildman–Crippen MR) is 168 cm³/mol. The van der Waals surface area contributed by atoms with Gasteiger partial charge in [0.2, 0.25) is 5.82 Å². The Balaban J connectivity index is 0.000000283. The van der Waals surface area contributed by atoms with Gasteiger partial charge < -0.3 is 9.39 Å². The zero-order valence-electron chi connectivity index (χ0n) is 23.9. The molecule has 218 valence electrons. The molecule has 0 fully saturated rings. The van der Waals surface area contributed by atoms with Crippen LogP contribution >= 0.6 is 0 Å². The summed E-state index contributed by atoms with van der Waals surface area (Å²) in [6.45, 7) is 11.0. The van der Waals surface area contributed by atoms with Crippen LogP contribution in [0.25, 0.3) is 45.4 Å². The average Bonchev–Trinajstić information content (AvgIpc) is 3.50. The molecular formula is C33H31N5O4S. The maximum atomic E-state index is 10.4. The second kappa shape index (κ2) is 12.4. The first-order valence-electron chi connectivity index (χ1n) is 13.5. The molecule has 0 aliphatic carbocycles. The van der Waals surface area contributed by atoms with Crippen molar-refractivity contribution in [3.8, 4) is 0 Å². The molecule has 3 aromatic carbocycles. The summed E-state index contributed by atoms with van der Waals surface area (Å²) >= 11 is 0. The van der Waals surface area contributed by atoms with Crippen molar-refractivity contribution in [3.63, 3.8) is 0 Å². The molecule has 0 N–H and O–H groups in total. The van der Waals surface area contributed by atoms with E-state index in [-0.39, 0.29) is 4.90 Å². The zero-order valence-corrected chi connectivity index (χ0v) is 24.7. The molecule has 0 saturated carbocycles. The lowest BCUT2D eigenvalue weighted by Gasteiger charge is -2.05. The normalized spacial score (nSPS) is 11.6. The molecule has 0 spiro atoms. The molecule has 0 radical (unpaired) electrons. The number of fused-ring (bicyclic) bond motifs is 3. The van der Waals surface area contributed by atoms with Crippen molar-refractivity contribution >= 4 is 55.5 Å². The summed E-state index contributed by atoms with van der Waals surface area (Å²) < 4.78 is 37.2. The number of hydrogen-bond acceptors (Lipinski definition) is 6. The van der Waals surface area contributed by atoms with Crippen LogP contribution < -0.4 is 9.40 Å². The van der Waals surface area contributed by atoms with Crippen LogP contribution in [0.2, 0.25) is 0 Å². The zero-order chi connectivity index (χ0) is 30.6. The SMILES string of the molecule is C=CCn1c(C=Cc2cn(OC)c3ccccc23)[n+](CC=C)c2nc3ccccc3nc21.Cc1ccc(S(=O)(=O)[O-])cc1. The van der Waals surface area contributed by atoms with Crippen LogP contribution in [-0.2, 0) is 23.2 Å². The number of allylic oxidation sites excluding steroid dienone is 2. The standard InChI is InChI=1S/C26H24N5O.C7H8O3S/c1-4-16-29-24(15-14-19-18-31(32-3)23-13-9-6-10-20(19)23)30(17-5-2)26-25(29)27-21-11-7-8-12-22(21)28-26;1-6-2-4-7(5-3-6)11(8,9)10/h4-15,18H,1-2,16-17H2,3H3;2-5H,1H3,(H,8,9,10)/q+1;/p-1. The van der Waals surface area contributed by atoms with Crippen molar-refractivity contribution in [2.24, 2.45) is 0 Å². The van der Waals surface area contributed by atoms with Crippen LogP contribution in [-0.4, -0.2) is 39.3 Å². The minimum atomic E-state index is -4.27. The van der Waals surface area contributed by atoms with E-state index < -0.39 is 10.1 Å². The van der Waals surface area contributed by atoms with Crippen LogP contribution in [0.5, 0.6) is 0 Å². The lowest BCUT2D eigenvalue weighted by atomic mass is 10.1. The second-order valence-electron chi connectivity index (χ2n) is 9.73. The molecule has 3 aromatic heterocycles. The largest absolute Gasteiger partial charge is 0.744 e. The van der Waals surface area contributed by atoms with Gasteiger partial charge in [-0.05, 0) is 43.3 Å². The number of benzene rings is 3. The molecule has 0 amide bonds. The van der Waals surface area contributed by atoms with Crippen LogP contribution in [0.4, 0.5) is 0 Å². The predicted octanol–water partition coefficient (Wildman–Crippen LogP) is 5.33. The van der Waals surface area contributed by atoms with Crippen molar-refractivity contribution < 1.29 is 22.4 Å². The number of imidazole rings is 1. The first-order valence-corrected chi connectivity index (χ1v) is 14.9. The van der Waals surface area contributed by atoms with Crippen molar-refractivity contribution in [2.75, 3.05) is 7.11 Å². The second-order valence-corrected chi connectivity index (χ2v) is 11.1. The number of rotatable bonds is 8. The van der Waals surface area contributed by atoms with Gasteiger partial charge >= 0.3 is 5.65 Å². The van der Waals surface area contributed by atoms with Gasteiger partial charge in [-0.2, -0.15) is 4.73 Å². The Morgan fingerprint density at radius 3 is 2.26 bits per heavy atom. The van der Waals surface area contributed by atoms with Crippen LogP contribution in [0.15, 0.2) is 109 Å². The summed E-state index contributed by atoms with van der Waals surface area (Å²) in [6, 6.07) is 21.9. The minimum absolute atomic E-state index is 0.178. The first kappa shape index (κ1) is 29.4. The van der Waals surface area contributed by atoms with Gasteiger partial charge in [-0.25, -0.2) is 22.5 Å². The molecular weight excluding hydrogens is 562 g/mol. The maximum Gasteiger partial charge on any atom is 0.323 e. The molecule has 0 bridgehead atoms. The Labute approximate surface area is 250 Å². The average molecular weight is 594 g/mol. The summed E-state index contributed by atoms with van der Waals surface area (Å²) in [6.07, 6.45) is 9.95. The van der Waals surface area contributed by atoms with E-state index in [1.54, 1.807) is 24.0 Å². The Morgan fingerprint density at radius 1 is 0.930 bits per heavy atom. The fourth-order valence-electron chi connectivity index (χ4n) is 4.83. The lowest BCUT2D eigenvalue weighted by molar-refractivity contribution is -0.665. The van der Waals surface area contributed by atoms with Gasteiger partial charge in [0.25, 0.3) is 5.65 Å². The Kier molecular flexibility index (Phi) is 8.51. The third kappa shape index (κ3) is 6.11. The van der Waals surface area contributed by atoms with Crippen LogP contribution in [0.3, 0.4) is 0 Å². The molecule has 3 heterocycles. The van der Waals surface area contributed by atoms with E-state index in [0.29, 0.717) is 13.1 Å². The number of aryl methyl sites for hydroxylation is 1. The van der Waals surface area contributed by atoms with E-state index in [2.05, 4.69) is 40.5 Å². The maximum absolute atomic E-state index is 10.4. The third-order valence-electron chi connectivity index (χ3n) is 6.85. The summed E-state index contributed by atoms with van der Waals surface area (Å²) in [4.78, 5) is 15.2. The molecule has 6 aromatic rings. The van der Waals surface area contributed by atoms with Crippen molar-refractivity contribution in [1.82, 2.24) is 19.3 Å². The lowest BCUT2D eigenvalue weighted by Crippen LogP contribution is -2.36. The van der Waals surface area contributed by atoms with Crippen molar-refractivity contribution in [1.29, 1.82) is 0 Å². The number of nitrogens with zero attached hydrogens (tertiary/aromatic N) is 5. The van der Waals surface area contributed by atoms with Gasteiger partial charge in [0.05, 0.1) is 29.7 Å². The van der Waals surface area contributed by atoms with E-state index in [1.807, 2.05) is 67.7 Å². The molecule has 6 rings (SSSR count). The molecule has 0 atom stereocenters. The minimum Gasteiger partial charge on any atom is -0.744 e. The third-order valence-corrected chi connectivity index (χ3v) is 7.70. The van der Waals surface area contributed by atoms with Gasteiger partial charge in [0, 0.05) is 17.0 Å². The molecule has 0 saturated heterocycles. The summed E-state index contributed by atoms with van der Waals surface area (Å²) in [5.41, 5.74) is 6.40. The highest BCUT2D eigenvalue weighted by Crippen LogP contribution is 2.23. The van der Waals surface area contributed by atoms with E-state index in [4.69, 9.17) is 14.8 Å². The fourth-order valence-corrected chi connectivity index (χ4v) is 5.30. The Morgan fingerprint density at radius 2 is 1.60 bits per heavy atom. The van der Waals surface area contributed by atoms with Gasteiger partial charge in [-0.3, -0.25) is 0 Å². The Hall–Kier alpha value is -5.06. The molecule has 0 aliphatic rings. The summed E-state index contributed by atoms with van der Waals surface area (Å²) in [5.74, 6) is 0.976. The topological polar surface area (TPSA) is 106 Å². The van der Waals surface area contributed by atoms with Gasteiger partial charge in [-0.15, -0.1) is 0 Å². The fraction of sp³-hybridized carbons (Fsp3) is 0.121. The van der Waals surface area contributed by atoms with E-state index in [9.17, 15) is 13.0 Å². The smallest absolute Gasteiger partial charge is 0.323 e. The first-order chi connectivity index (χ1) is 20.7. The quantitative estimate of drug-likeness (QED) is 0.134. The Bertz CT molecular complexity index is 2030. The van der Waals surface area contributed by atoms with Crippen LogP contribution in [0.1, 0.15) is 17.0 Å². The molecule has 10 heteroatoms. The summed E-state index contributed by atoms with van der Waals surface area (Å²) in [7, 11) is -2.60. The molecule has 43 heavy (non-hydrogen) atoms. The number of hydrogen-bond donors (Lipinski definition) is 0. The van der Waals surface area contributed by atoms with E-state index >= 15 is 0 Å². The van der Waals surface area contributed by atoms with Gasteiger partial charge in [0.15, 0.2) is 5.52 Å². The van der Waals surface area contributed by atoms with E-state index in [0.717, 1.165) is 50.2 Å². The monoisotopic (exact) mass is 593 g/mol. The number of aromatic nitrogens is 5. The summed E-state index contributed by atoms with van der Waals surface area (Å²) in [5, 5.41) is 1.12. The van der Waals surface area contributed by atoms with Crippen LogP contribution in [0, 0.1) is 6.92 Å². The highest BCUT2D eigenvalue weighted by Gasteiger charge is 2.24. The number of para-hydroxylation sites is 3. The van der Waals surface area contributed by atoms with Gasteiger partial charge in [0.1, 0.15) is 22.7 Å². The van der Waals surface area contributed by atoms with Gasteiger partial charge in [-0.1, -0.05) is 78.3 Å². The van der Waals surface area contributed by atoms with Crippen molar-refractivity contribution in [2.45, 2.75) is 24.9 Å². The highest BCUT2D eigenvalue weighted by atomic mass is 32.2. The highest BCUT2D eigenvalue weighted by molar-refractivity contribution is 7.85. The molecule has 0 aliphatic heterocycles.